The first-order valence-corrected chi connectivity index (χ1v) is 5.61. The molecule has 0 unspecified atom stereocenters. The zero-order chi connectivity index (χ0) is 13.1. The van der Waals surface area contributed by atoms with Crippen molar-refractivity contribution in [3.8, 4) is 5.75 Å². The standard InChI is InChI=1S/C12H11ClFN3O/c1-7-5-10(15)17-11(16-7)6-18-12-8(13)3-2-4-9(12)14/h2-5H,6H2,1H3,(H2,15,16,17). The minimum Gasteiger partial charge on any atom is -0.481 e. The van der Waals surface area contributed by atoms with Crippen molar-refractivity contribution in [3.05, 3.63) is 46.6 Å². The summed E-state index contributed by atoms with van der Waals surface area (Å²) in [6.45, 7) is 1.80. The van der Waals surface area contributed by atoms with Crippen LogP contribution in [0.2, 0.25) is 5.02 Å². The molecule has 18 heavy (non-hydrogen) atoms. The van der Waals surface area contributed by atoms with Gasteiger partial charge in [-0.15, -0.1) is 0 Å². The molecule has 0 amide bonds. The van der Waals surface area contributed by atoms with E-state index in [-0.39, 0.29) is 17.4 Å². The summed E-state index contributed by atoms with van der Waals surface area (Å²) in [4.78, 5) is 8.11. The topological polar surface area (TPSA) is 61.0 Å². The molecule has 0 saturated heterocycles. The van der Waals surface area contributed by atoms with Gasteiger partial charge in [-0.3, -0.25) is 0 Å². The van der Waals surface area contributed by atoms with Crippen molar-refractivity contribution in [2.24, 2.45) is 0 Å². The van der Waals surface area contributed by atoms with Gasteiger partial charge in [0.1, 0.15) is 12.4 Å². The van der Waals surface area contributed by atoms with Gasteiger partial charge < -0.3 is 10.5 Å². The number of benzene rings is 1. The number of aryl methyl sites for hydroxylation is 1. The van der Waals surface area contributed by atoms with Crippen LogP contribution in [0.15, 0.2) is 24.3 Å². The molecule has 2 rings (SSSR count). The maximum Gasteiger partial charge on any atom is 0.174 e. The Bertz CT molecular complexity index is 537. The molecule has 2 aromatic rings. The lowest BCUT2D eigenvalue weighted by Crippen LogP contribution is -2.06. The number of nitrogen functional groups attached to an aromatic ring is 1. The van der Waals surface area contributed by atoms with Crippen molar-refractivity contribution >= 4 is 17.4 Å². The summed E-state index contributed by atoms with van der Waals surface area (Å²) >= 11 is 5.83. The van der Waals surface area contributed by atoms with E-state index in [4.69, 9.17) is 22.1 Å². The van der Waals surface area contributed by atoms with E-state index in [0.29, 0.717) is 11.6 Å². The molecule has 0 aliphatic rings. The molecule has 0 aliphatic heterocycles. The number of nitrogens with zero attached hydrogens (tertiary/aromatic N) is 2. The van der Waals surface area contributed by atoms with Crippen LogP contribution in [0.25, 0.3) is 0 Å². The van der Waals surface area contributed by atoms with Crippen LogP contribution in [0.5, 0.6) is 5.75 Å². The van der Waals surface area contributed by atoms with Gasteiger partial charge in [0.25, 0.3) is 0 Å². The zero-order valence-corrected chi connectivity index (χ0v) is 10.4. The summed E-state index contributed by atoms with van der Waals surface area (Å²) in [7, 11) is 0. The van der Waals surface area contributed by atoms with E-state index < -0.39 is 5.82 Å². The Kier molecular flexibility index (Phi) is 3.62. The highest BCUT2D eigenvalue weighted by atomic mass is 35.5. The minimum atomic E-state index is -0.525. The number of ether oxygens (including phenoxy) is 1. The molecule has 0 spiro atoms. The fourth-order valence-corrected chi connectivity index (χ4v) is 1.70. The van der Waals surface area contributed by atoms with E-state index in [1.165, 1.54) is 12.1 Å². The Morgan fingerprint density at radius 2 is 2.17 bits per heavy atom. The monoisotopic (exact) mass is 267 g/mol. The molecule has 2 N–H and O–H groups in total. The Labute approximate surface area is 109 Å². The van der Waals surface area contributed by atoms with Gasteiger partial charge in [-0.2, -0.15) is 0 Å². The minimum absolute atomic E-state index is 0.00648. The number of anilines is 1. The molecule has 0 aliphatic carbocycles. The predicted molar refractivity (Wildman–Crippen MR) is 66.9 cm³/mol. The highest BCUT2D eigenvalue weighted by Crippen LogP contribution is 2.27. The largest absolute Gasteiger partial charge is 0.481 e. The van der Waals surface area contributed by atoms with Crippen LogP contribution in [0, 0.1) is 12.7 Å². The molecular formula is C12H11ClFN3O. The van der Waals surface area contributed by atoms with Crippen LogP contribution in [-0.2, 0) is 6.61 Å². The Balaban J connectivity index is 2.16. The summed E-state index contributed by atoms with van der Waals surface area (Å²) in [5.41, 5.74) is 6.30. The molecule has 1 aromatic heterocycles. The lowest BCUT2D eigenvalue weighted by molar-refractivity contribution is 0.281. The molecule has 0 bridgehead atoms. The van der Waals surface area contributed by atoms with Crippen LogP contribution >= 0.6 is 11.6 Å². The average Bonchev–Trinajstić information content (AvgIpc) is 2.27. The smallest absolute Gasteiger partial charge is 0.174 e. The lowest BCUT2D eigenvalue weighted by atomic mass is 10.3. The lowest BCUT2D eigenvalue weighted by Gasteiger charge is -2.08. The van der Waals surface area contributed by atoms with Crippen LogP contribution in [0.3, 0.4) is 0 Å². The molecule has 0 radical (unpaired) electrons. The fourth-order valence-electron chi connectivity index (χ4n) is 1.48. The predicted octanol–water partition coefficient (Wildman–Crippen LogP) is 2.74. The Morgan fingerprint density at radius 1 is 1.39 bits per heavy atom. The molecule has 0 saturated carbocycles. The van der Waals surface area contributed by atoms with Crippen LogP contribution in [-0.4, -0.2) is 9.97 Å². The Morgan fingerprint density at radius 3 is 2.83 bits per heavy atom. The third-order valence-corrected chi connectivity index (χ3v) is 2.48. The van der Waals surface area contributed by atoms with Crippen LogP contribution < -0.4 is 10.5 Å². The van der Waals surface area contributed by atoms with E-state index in [1.54, 1.807) is 19.1 Å². The van der Waals surface area contributed by atoms with E-state index in [0.717, 1.165) is 5.69 Å². The van der Waals surface area contributed by atoms with Gasteiger partial charge in [0.05, 0.1) is 5.02 Å². The number of rotatable bonds is 3. The Hall–Kier alpha value is -1.88. The van der Waals surface area contributed by atoms with Crippen molar-refractivity contribution in [2.45, 2.75) is 13.5 Å². The highest BCUT2D eigenvalue weighted by Gasteiger charge is 2.09. The maximum atomic E-state index is 13.4. The molecule has 0 atom stereocenters. The van der Waals surface area contributed by atoms with E-state index in [9.17, 15) is 4.39 Å². The molecule has 4 nitrogen and oxygen atoms in total. The zero-order valence-electron chi connectivity index (χ0n) is 9.65. The number of para-hydroxylation sites is 1. The first-order chi connectivity index (χ1) is 8.56. The molecular weight excluding hydrogens is 257 g/mol. The third kappa shape index (κ3) is 2.87. The van der Waals surface area contributed by atoms with Crippen molar-refractivity contribution < 1.29 is 9.13 Å². The summed E-state index contributed by atoms with van der Waals surface area (Å²) in [6.07, 6.45) is 0. The summed E-state index contributed by atoms with van der Waals surface area (Å²) < 4.78 is 18.7. The van der Waals surface area contributed by atoms with Crippen molar-refractivity contribution in [3.63, 3.8) is 0 Å². The first kappa shape index (κ1) is 12.6. The summed E-state index contributed by atoms with van der Waals surface area (Å²) in [6, 6.07) is 5.96. The second kappa shape index (κ2) is 5.18. The van der Waals surface area contributed by atoms with E-state index in [2.05, 4.69) is 9.97 Å². The number of hydrogen-bond acceptors (Lipinski definition) is 4. The highest BCUT2D eigenvalue weighted by molar-refractivity contribution is 6.32. The first-order valence-electron chi connectivity index (χ1n) is 5.23. The quantitative estimate of drug-likeness (QED) is 0.929. The second-order valence-corrected chi connectivity index (χ2v) is 4.10. The maximum absolute atomic E-state index is 13.4. The van der Waals surface area contributed by atoms with Gasteiger partial charge in [-0.1, -0.05) is 17.7 Å². The van der Waals surface area contributed by atoms with Crippen molar-refractivity contribution in [2.75, 3.05) is 5.73 Å². The molecule has 6 heteroatoms. The molecule has 1 heterocycles. The summed E-state index contributed by atoms with van der Waals surface area (Å²) in [5, 5.41) is 0.204. The average molecular weight is 268 g/mol. The van der Waals surface area contributed by atoms with E-state index >= 15 is 0 Å². The van der Waals surface area contributed by atoms with Gasteiger partial charge in [0.2, 0.25) is 0 Å². The normalized spacial score (nSPS) is 10.4. The molecule has 1 aromatic carbocycles. The fraction of sp³-hybridized carbons (Fsp3) is 0.167. The number of nitrogens with two attached hydrogens (primary N) is 1. The molecule has 0 fully saturated rings. The van der Waals surface area contributed by atoms with Gasteiger partial charge in [-0.25, -0.2) is 14.4 Å². The number of aromatic nitrogens is 2. The van der Waals surface area contributed by atoms with Gasteiger partial charge >= 0.3 is 0 Å². The van der Waals surface area contributed by atoms with Gasteiger partial charge in [0.15, 0.2) is 17.4 Å². The van der Waals surface area contributed by atoms with Crippen LogP contribution in [0.1, 0.15) is 11.5 Å². The van der Waals surface area contributed by atoms with Gasteiger partial charge in [-0.05, 0) is 19.1 Å². The third-order valence-electron chi connectivity index (χ3n) is 2.18. The van der Waals surface area contributed by atoms with E-state index in [1.807, 2.05) is 0 Å². The van der Waals surface area contributed by atoms with Crippen molar-refractivity contribution in [1.29, 1.82) is 0 Å². The van der Waals surface area contributed by atoms with Crippen molar-refractivity contribution in [1.82, 2.24) is 9.97 Å². The SMILES string of the molecule is Cc1cc(N)nc(COc2c(F)cccc2Cl)n1. The number of halogens is 2. The number of hydrogen-bond donors (Lipinski definition) is 1. The van der Waals surface area contributed by atoms with Crippen LogP contribution in [0.4, 0.5) is 10.2 Å². The van der Waals surface area contributed by atoms with Gasteiger partial charge in [0, 0.05) is 11.8 Å². The summed E-state index contributed by atoms with van der Waals surface area (Å²) in [5.74, 6) is 0.193. The second-order valence-electron chi connectivity index (χ2n) is 3.69. The molecule has 94 valence electrons.